The van der Waals surface area contributed by atoms with Crippen LogP contribution in [0.25, 0.3) is 10.9 Å². The van der Waals surface area contributed by atoms with Gasteiger partial charge in [0.2, 0.25) is 0 Å². The van der Waals surface area contributed by atoms with Crippen LogP contribution in [-0.2, 0) is 9.83 Å². The second kappa shape index (κ2) is 5.67. The van der Waals surface area contributed by atoms with E-state index in [1.54, 1.807) is 6.07 Å². The van der Waals surface area contributed by atoms with Crippen molar-refractivity contribution in [1.29, 1.82) is 0 Å². The van der Waals surface area contributed by atoms with Gasteiger partial charge in [0.15, 0.2) is 11.6 Å². The lowest BCUT2D eigenvalue weighted by molar-refractivity contribution is -0.141. The molecule has 0 amide bonds. The maximum atomic E-state index is 14.0. The van der Waals surface area contributed by atoms with Crippen LogP contribution in [0.4, 0.5) is 4.39 Å². The Morgan fingerprint density at radius 3 is 2.43 bits per heavy atom. The zero-order valence-corrected chi connectivity index (χ0v) is 15.5. The summed E-state index contributed by atoms with van der Waals surface area (Å²) in [5, 5.41) is 9.89. The van der Waals surface area contributed by atoms with Crippen LogP contribution < -0.4 is 4.74 Å². The van der Waals surface area contributed by atoms with E-state index in [9.17, 15) is 14.3 Å². The van der Waals surface area contributed by atoms with E-state index in [4.69, 9.17) is 4.74 Å². The highest BCUT2D eigenvalue weighted by Crippen LogP contribution is 2.44. The molecule has 0 radical (unpaired) electrons. The maximum Gasteiger partial charge on any atom is 0.311 e. The van der Waals surface area contributed by atoms with E-state index in [0.717, 1.165) is 16.6 Å². The summed E-state index contributed by atoms with van der Waals surface area (Å²) in [4.78, 5) is 15.5. The number of fused-ring (bicyclic) bond motifs is 1. The second-order valence-electron chi connectivity index (χ2n) is 6.97. The number of hydrogen-bond acceptors (Lipinski definition) is 2. The number of aryl methyl sites for hydroxylation is 1. The monoisotopic (exact) mass is 337 g/mol. The highest BCUT2D eigenvalue weighted by molar-refractivity contribution is 6.82. The molecule has 126 valence electrons. The van der Waals surface area contributed by atoms with Crippen molar-refractivity contribution in [1.82, 2.24) is 4.98 Å². The van der Waals surface area contributed by atoms with Gasteiger partial charge in [0.25, 0.3) is 0 Å². The Hall–Kier alpha value is -1.82. The van der Waals surface area contributed by atoms with Crippen molar-refractivity contribution in [2.24, 2.45) is 0 Å². The number of aliphatic carboxylic acids is 1. The summed E-state index contributed by atoms with van der Waals surface area (Å²) in [5.74, 6) is -1.14. The fourth-order valence-electron chi connectivity index (χ4n) is 3.70. The lowest BCUT2D eigenvalue weighted by Gasteiger charge is -2.40. The van der Waals surface area contributed by atoms with Gasteiger partial charge in [-0.25, -0.2) is 4.39 Å². The minimum absolute atomic E-state index is 0.128. The molecular formula is C17H24FNO3Si. The number of ether oxygens (including phenoxy) is 1. The van der Waals surface area contributed by atoms with E-state index in [1.165, 1.54) is 13.2 Å². The number of carbonyl (C=O) groups is 1. The van der Waals surface area contributed by atoms with Crippen LogP contribution >= 0.6 is 0 Å². The average molecular weight is 337 g/mol. The van der Waals surface area contributed by atoms with E-state index in [-0.39, 0.29) is 5.75 Å². The number of H-pyrrole nitrogens is 1. The molecule has 0 aliphatic rings. The van der Waals surface area contributed by atoms with Crippen molar-refractivity contribution in [3.05, 3.63) is 29.2 Å². The highest BCUT2D eigenvalue weighted by atomic mass is 28.3. The van der Waals surface area contributed by atoms with Crippen molar-refractivity contribution >= 4 is 24.9 Å². The summed E-state index contributed by atoms with van der Waals surface area (Å²) >= 11 is 0. The highest BCUT2D eigenvalue weighted by Gasteiger charge is 2.52. The standard InChI is InChI=1S/C17H24FNO3Si/c1-7-17(16(20)21,23(4,5)6)15-10(2)19-13-9-12(18)14(22-3)8-11(13)15/h8-9,19H,7H2,1-6H3,(H,20,21). The topological polar surface area (TPSA) is 62.3 Å². The molecule has 2 aromatic rings. The number of carboxylic acid groups (broad SMARTS) is 1. The molecule has 4 nitrogen and oxygen atoms in total. The Morgan fingerprint density at radius 1 is 1.39 bits per heavy atom. The first-order valence-corrected chi connectivity index (χ1v) is 11.2. The number of nitrogens with one attached hydrogen (secondary N) is 1. The van der Waals surface area contributed by atoms with Gasteiger partial charge in [-0.15, -0.1) is 0 Å². The van der Waals surface area contributed by atoms with Crippen LogP contribution in [0, 0.1) is 12.7 Å². The molecule has 0 saturated heterocycles. The summed E-state index contributed by atoms with van der Waals surface area (Å²) in [5.41, 5.74) is 2.15. The van der Waals surface area contributed by atoms with Crippen molar-refractivity contribution in [2.45, 2.75) is 44.9 Å². The molecular weight excluding hydrogens is 313 g/mol. The van der Waals surface area contributed by atoms with E-state index in [2.05, 4.69) is 24.6 Å². The number of aromatic amines is 1. The Balaban J connectivity index is 2.94. The Morgan fingerprint density at radius 2 is 2.00 bits per heavy atom. The number of benzene rings is 1. The quantitative estimate of drug-likeness (QED) is 0.803. The smallest absolute Gasteiger partial charge is 0.311 e. The van der Waals surface area contributed by atoms with Crippen LogP contribution in [0.1, 0.15) is 24.6 Å². The zero-order valence-electron chi connectivity index (χ0n) is 14.5. The van der Waals surface area contributed by atoms with Gasteiger partial charge in [0, 0.05) is 22.7 Å². The molecule has 1 aromatic carbocycles. The van der Waals surface area contributed by atoms with Gasteiger partial charge >= 0.3 is 5.97 Å². The first kappa shape index (κ1) is 17.5. The lowest BCUT2D eigenvalue weighted by Crippen LogP contribution is -2.55. The second-order valence-corrected chi connectivity index (χ2v) is 12.3. The number of rotatable bonds is 5. The average Bonchev–Trinajstić information content (AvgIpc) is 2.73. The van der Waals surface area contributed by atoms with E-state index >= 15 is 0 Å². The Labute approximate surface area is 136 Å². The number of aromatic nitrogens is 1. The largest absolute Gasteiger partial charge is 0.494 e. The van der Waals surface area contributed by atoms with Crippen LogP contribution in [0.3, 0.4) is 0 Å². The van der Waals surface area contributed by atoms with Gasteiger partial charge in [0.1, 0.15) is 0 Å². The van der Waals surface area contributed by atoms with Crippen LogP contribution in [0.15, 0.2) is 12.1 Å². The lowest BCUT2D eigenvalue weighted by atomic mass is 9.92. The van der Waals surface area contributed by atoms with Gasteiger partial charge in [-0.1, -0.05) is 26.6 Å². The third-order valence-corrected chi connectivity index (χ3v) is 8.24. The zero-order chi connectivity index (χ0) is 17.6. The van der Waals surface area contributed by atoms with E-state index < -0.39 is 24.9 Å². The van der Waals surface area contributed by atoms with Gasteiger partial charge in [-0.2, -0.15) is 0 Å². The van der Waals surface area contributed by atoms with Gasteiger partial charge in [-0.05, 0) is 25.0 Å². The minimum Gasteiger partial charge on any atom is -0.494 e. The maximum absolute atomic E-state index is 14.0. The molecule has 0 aliphatic carbocycles. The molecule has 1 unspecified atom stereocenters. The minimum atomic E-state index is -2.15. The van der Waals surface area contributed by atoms with Gasteiger partial charge in [0.05, 0.1) is 20.2 Å². The predicted molar refractivity (Wildman–Crippen MR) is 92.5 cm³/mol. The summed E-state index contributed by atoms with van der Waals surface area (Å²) < 4.78 is 19.1. The molecule has 0 aliphatic heterocycles. The fourth-order valence-corrected chi connectivity index (χ4v) is 6.47. The van der Waals surface area contributed by atoms with Crippen molar-refractivity contribution < 1.29 is 19.0 Å². The van der Waals surface area contributed by atoms with Crippen LogP contribution in [0.5, 0.6) is 5.75 Å². The molecule has 6 heteroatoms. The van der Waals surface area contributed by atoms with E-state index in [0.29, 0.717) is 11.9 Å². The molecule has 0 fully saturated rings. The molecule has 1 heterocycles. The first-order chi connectivity index (χ1) is 10.6. The van der Waals surface area contributed by atoms with Gasteiger partial charge in [-0.3, -0.25) is 4.79 Å². The third kappa shape index (κ3) is 2.45. The summed E-state index contributed by atoms with van der Waals surface area (Å²) in [7, 11) is -0.740. The molecule has 1 atom stereocenters. The molecule has 0 spiro atoms. The van der Waals surface area contributed by atoms with Crippen molar-refractivity contribution in [2.75, 3.05) is 7.11 Å². The molecule has 0 bridgehead atoms. The normalized spacial score (nSPS) is 14.7. The number of carboxylic acids is 1. The van der Waals surface area contributed by atoms with Crippen molar-refractivity contribution in [3.8, 4) is 5.75 Å². The van der Waals surface area contributed by atoms with Crippen molar-refractivity contribution in [3.63, 3.8) is 0 Å². The summed E-state index contributed by atoms with van der Waals surface area (Å²) in [6.07, 6.45) is 0.492. The molecule has 0 saturated carbocycles. The molecule has 23 heavy (non-hydrogen) atoms. The van der Waals surface area contributed by atoms with Crippen LogP contribution in [-0.4, -0.2) is 31.2 Å². The fraction of sp³-hybridized carbons (Fsp3) is 0.471. The SMILES string of the molecule is CCC(C(=O)O)(c1c(C)[nH]c2cc(F)c(OC)cc12)[Si](C)(C)C. The summed E-state index contributed by atoms with van der Waals surface area (Å²) in [6.45, 7) is 9.94. The van der Waals surface area contributed by atoms with E-state index in [1.807, 2.05) is 13.8 Å². The molecule has 2 rings (SSSR count). The van der Waals surface area contributed by atoms with Crippen LogP contribution in [0.2, 0.25) is 19.6 Å². The van der Waals surface area contributed by atoms with Gasteiger partial charge < -0.3 is 14.8 Å². The number of methoxy groups -OCH3 is 1. The predicted octanol–water partition coefficient (Wildman–Crippen LogP) is 4.23. The Kier molecular flexibility index (Phi) is 4.32. The summed E-state index contributed by atoms with van der Waals surface area (Å²) in [6, 6.07) is 2.98. The number of hydrogen-bond donors (Lipinski definition) is 2. The number of halogens is 1. The molecule has 1 aromatic heterocycles. The first-order valence-electron chi connectivity index (χ1n) is 7.69. The molecule has 2 N–H and O–H groups in total. The Bertz CT molecular complexity index is 763. The third-order valence-electron chi connectivity index (χ3n) is 4.86.